The number of aliphatic hydroxyl groups is 1. The summed E-state index contributed by atoms with van der Waals surface area (Å²) in [5.74, 6) is -0.744. The zero-order valence-corrected chi connectivity index (χ0v) is 16.5. The van der Waals surface area contributed by atoms with Gasteiger partial charge in [-0.2, -0.15) is 0 Å². The van der Waals surface area contributed by atoms with Crippen LogP contribution < -0.4 is 4.90 Å². The molecule has 0 radical (unpaired) electrons. The molecule has 150 valence electrons. The van der Waals surface area contributed by atoms with Crippen molar-refractivity contribution in [2.24, 2.45) is 5.92 Å². The third-order valence-corrected chi connectivity index (χ3v) is 6.81. The second-order valence-electron chi connectivity index (χ2n) is 8.03. The van der Waals surface area contributed by atoms with Crippen LogP contribution in [0, 0.1) is 5.92 Å². The van der Waals surface area contributed by atoms with E-state index in [4.69, 9.17) is 4.74 Å². The van der Waals surface area contributed by atoms with Crippen molar-refractivity contribution in [3.63, 3.8) is 0 Å². The van der Waals surface area contributed by atoms with E-state index in [0.29, 0.717) is 13.0 Å². The standard InChI is InChI=1S/C22H28N2O4/c1-4-11-23-12-10-22-15-8-6-7-9-17(15)24(14(3)25)19(21(27)28-5-2)16(22)13-18(26)20(22)23/h4,6-9,16,18-20,26H,1,5,10-13H2,2-3H3/t16-,18+,19+,20+,22+/m1/s1. The number of fused-ring (bicyclic) bond motifs is 1. The van der Waals surface area contributed by atoms with Crippen LogP contribution in [0.1, 0.15) is 32.3 Å². The number of para-hydroxylation sites is 1. The first-order valence-electron chi connectivity index (χ1n) is 10.1. The highest BCUT2D eigenvalue weighted by atomic mass is 16.5. The topological polar surface area (TPSA) is 70.1 Å². The number of hydrogen-bond acceptors (Lipinski definition) is 5. The van der Waals surface area contributed by atoms with Gasteiger partial charge in [-0.3, -0.25) is 14.6 Å². The molecule has 5 atom stereocenters. The number of rotatable bonds is 4. The first-order chi connectivity index (χ1) is 13.5. The summed E-state index contributed by atoms with van der Waals surface area (Å²) >= 11 is 0. The normalized spacial score (nSPS) is 33.8. The highest BCUT2D eigenvalue weighted by molar-refractivity contribution is 6.00. The number of carbonyl (C=O) groups excluding carboxylic acids is 2. The summed E-state index contributed by atoms with van der Waals surface area (Å²) in [5.41, 5.74) is 1.45. The first-order valence-corrected chi connectivity index (χ1v) is 10.1. The van der Waals surface area contributed by atoms with Crippen molar-refractivity contribution in [3.05, 3.63) is 42.5 Å². The van der Waals surface area contributed by atoms with Gasteiger partial charge in [0.2, 0.25) is 5.91 Å². The fourth-order valence-electron chi connectivity index (χ4n) is 6.08. The number of hydrogen-bond donors (Lipinski definition) is 1. The minimum atomic E-state index is -0.712. The quantitative estimate of drug-likeness (QED) is 0.634. The molecule has 0 unspecified atom stereocenters. The van der Waals surface area contributed by atoms with E-state index in [1.807, 2.05) is 24.3 Å². The molecule has 0 bridgehead atoms. The highest BCUT2D eigenvalue weighted by Crippen LogP contribution is 2.60. The lowest BCUT2D eigenvalue weighted by molar-refractivity contribution is -0.148. The van der Waals surface area contributed by atoms with E-state index in [9.17, 15) is 14.7 Å². The zero-order valence-electron chi connectivity index (χ0n) is 16.5. The molecule has 2 aliphatic heterocycles. The lowest BCUT2D eigenvalue weighted by Gasteiger charge is -2.49. The highest BCUT2D eigenvalue weighted by Gasteiger charge is 2.67. The Morgan fingerprint density at radius 1 is 1.39 bits per heavy atom. The fourth-order valence-corrected chi connectivity index (χ4v) is 6.08. The minimum absolute atomic E-state index is 0.0947. The predicted molar refractivity (Wildman–Crippen MR) is 106 cm³/mol. The van der Waals surface area contributed by atoms with Gasteiger partial charge in [-0.25, -0.2) is 4.79 Å². The molecule has 1 saturated carbocycles. The van der Waals surface area contributed by atoms with Crippen molar-refractivity contribution < 1.29 is 19.4 Å². The molecule has 2 fully saturated rings. The molecule has 1 aromatic carbocycles. The van der Waals surface area contributed by atoms with Gasteiger partial charge < -0.3 is 9.84 Å². The number of carbonyl (C=O) groups is 2. The molecular formula is C22H28N2O4. The predicted octanol–water partition coefficient (Wildman–Crippen LogP) is 1.86. The zero-order chi connectivity index (χ0) is 20.1. The van der Waals surface area contributed by atoms with Crippen LogP contribution in [-0.2, 0) is 19.7 Å². The number of amides is 1. The molecule has 6 nitrogen and oxygen atoms in total. The van der Waals surface area contributed by atoms with Gasteiger partial charge in [0.15, 0.2) is 0 Å². The first kappa shape index (κ1) is 19.2. The molecule has 1 aromatic rings. The maximum absolute atomic E-state index is 13.0. The Morgan fingerprint density at radius 2 is 2.14 bits per heavy atom. The maximum atomic E-state index is 13.0. The van der Waals surface area contributed by atoms with Gasteiger partial charge in [0, 0.05) is 36.5 Å². The Hall–Kier alpha value is -2.18. The van der Waals surface area contributed by atoms with Crippen molar-refractivity contribution in [3.8, 4) is 0 Å². The Balaban J connectivity index is 1.93. The summed E-state index contributed by atoms with van der Waals surface area (Å²) in [6.45, 7) is 8.91. The van der Waals surface area contributed by atoms with Crippen LogP contribution in [0.15, 0.2) is 36.9 Å². The van der Waals surface area contributed by atoms with E-state index in [1.54, 1.807) is 11.8 Å². The number of anilines is 1. The monoisotopic (exact) mass is 384 g/mol. The van der Waals surface area contributed by atoms with Gasteiger partial charge >= 0.3 is 5.97 Å². The number of benzene rings is 1. The van der Waals surface area contributed by atoms with Gasteiger partial charge in [0.25, 0.3) is 0 Å². The van der Waals surface area contributed by atoms with Crippen LogP contribution in [0.5, 0.6) is 0 Å². The van der Waals surface area contributed by atoms with E-state index >= 15 is 0 Å². The van der Waals surface area contributed by atoms with Gasteiger partial charge in [-0.1, -0.05) is 24.3 Å². The van der Waals surface area contributed by atoms with E-state index in [1.165, 1.54) is 6.92 Å². The molecule has 1 spiro atoms. The van der Waals surface area contributed by atoms with E-state index in [-0.39, 0.29) is 35.9 Å². The van der Waals surface area contributed by atoms with Crippen LogP contribution in [0.25, 0.3) is 0 Å². The molecule has 4 rings (SSSR count). The van der Waals surface area contributed by atoms with E-state index < -0.39 is 12.1 Å². The van der Waals surface area contributed by atoms with Crippen LogP contribution in [0.4, 0.5) is 5.69 Å². The van der Waals surface area contributed by atoms with Gasteiger partial charge in [-0.15, -0.1) is 6.58 Å². The fraction of sp³-hybridized carbons (Fsp3) is 0.545. The van der Waals surface area contributed by atoms with E-state index in [2.05, 4.69) is 17.5 Å². The molecule has 1 N–H and O–H groups in total. The molecule has 3 aliphatic rings. The smallest absolute Gasteiger partial charge is 0.329 e. The van der Waals surface area contributed by atoms with Gasteiger partial charge in [0.1, 0.15) is 6.04 Å². The number of likely N-dealkylation sites (tertiary alicyclic amines) is 1. The Kier molecular flexibility index (Phi) is 4.79. The van der Waals surface area contributed by atoms with Crippen molar-refractivity contribution in [1.82, 2.24) is 4.90 Å². The Labute approximate surface area is 165 Å². The molecule has 28 heavy (non-hydrogen) atoms. The van der Waals surface area contributed by atoms with E-state index in [0.717, 1.165) is 24.2 Å². The average molecular weight is 384 g/mol. The molecule has 2 heterocycles. The Morgan fingerprint density at radius 3 is 2.82 bits per heavy atom. The number of aliphatic hydroxyl groups excluding tert-OH is 1. The van der Waals surface area contributed by atoms with Crippen molar-refractivity contribution in [2.45, 2.75) is 50.3 Å². The van der Waals surface area contributed by atoms with Crippen molar-refractivity contribution in [2.75, 3.05) is 24.6 Å². The SMILES string of the molecule is C=CCN1CC[C@]23c4ccccc4N(C(C)=O)[C@H](C(=O)OCC)[C@H]2C[C@H](O)[C@H]13. The summed E-state index contributed by atoms with van der Waals surface area (Å²) in [7, 11) is 0. The van der Waals surface area contributed by atoms with Crippen molar-refractivity contribution in [1.29, 1.82) is 0 Å². The second kappa shape index (κ2) is 7.01. The average Bonchev–Trinajstić information content (AvgIpc) is 3.17. The van der Waals surface area contributed by atoms with Gasteiger partial charge in [-0.05, 0) is 37.9 Å². The molecule has 1 aliphatic carbocycles. The lowest BCUT2D eigenvalue weighted by atomic mass is 9.63. The maximum Gasteiger partial charge on any atom is 0.329 e. The molecule has 6 heteroatoms. The molecular weight excluding hydrogens is 356 g/mol. The molecule has 1 saturated heterocycles. The van der Waals surface area contributed by atoms with Crippen LogP contribution in [0.3, 0.4) is 0 Å². The molecule has 1 amide bonds. The summed E-state index contributed by atoms with van der Waals surface area (Å²) in [4.78, 5) is 29.5. The van der Waals surface area contributed by atoms with Crippen LogP contribution in [-0.4, -0.2) is 59.8 Å². The summed E-state index contributed by atoms with van der Waals surface area (Å²) in [6, 6.07) is 7.03. The number of esters is 1. The summed E-state index contributed by atoms with van der Waals surface area (Å²) in [5, 5.41) is 11.1. The second-order valence-corrected chi connectivity index (χ2v) is 8.03. The lowest BCUT2D eigenvalue weighted by Crippen LogP contribution is -2.60. The van der Waals surface area contributed by atoms with Gasteiger partial charge in [0.05, 0.1) is 12.7 Å². The summed E-state index contributed by atoms with van der Waals surface area (Å²) in [6.07, 6.45) is 2.61. The largest absolute Gasteiger partial charge is 0.464 e. The third-order valence-electron chi connectivity index (χ3n) is 6.81. The Bertz CT molecular complexity index is 809. The van der Waals surface area contributed by atoms with Crippen molar-refractivity contribution >= 4 is 17.6 Å². The van der Waals surface area contributed by atoms with Crippen LogP contribution in [0.2, 0.25) is 0 Å². The third kappa shape index (κ3) is 2.47. The number of ether oxygens (including phenoxy) is 1. The number of nitrogens with zero attached hydrogens (tertiary/aromatic N) is 2. The van der Waals surface area contributed by atoms with Crippen LogP contribution >= 0.6 is 0 Å². The molecule has 0 aromatic heterocycles. The summed E-state index contributed by atoms with van der Waals surface area (Å²) < 4.78 is 5.40. The minimum Gasteiger partial charge on any atom is -0.464 e.